The summed E-state index contributed by atoms with van der Waals surface area (Å²) in [5, 5.41) is 0. The molecule has 1 atom stereocenters. The standard InChI is InChI=1S/C20H32O2/c1-2-3-13-16-19-17-14-11-9-7-5-4-6-8-10-12-15-18-20(21)22-19/h14,17,19H,2-8,10,12-13,15-16,18H2,1H3/b17-14-/t19-/m1/s1. The third-order valence-electron chi connectivity index (χ3n) is 4.05. The summed E-state index contributed by atoms with van der Waals surface area (Å²) in [6, 6.07) is 0. The number of allylic oxidation sites excluding steroid dienone is 1. The fourth-order valence-corrected chi connectivity index (χ4v) is 2.67. The predicted octanol–water partition coefficient (Wildman–Crippen LogP) is 5.56. The van der Waals surface area contributed by atoms with Crippen LogP contribution in [0.2, 0.25) is 0 Å². The van der Waals surface area contributed by atoms with Gasteiger partial charge in [0, 0.05) is 12.8 Å². The Bertz CT molecular complexity index is 373. The Morgan fingerprint density at radius 3 is 2.59 bits per heavy atom. The number of ether oxygens (including phenoxy) is 1. The van der Waals surface area contributed by atoms with Crippen molar-refractivity contribution in [3.05, 3.63) is 12.2 Å². The second-order valence-electron chi connectivity index (χ2n) is 6.18. The van der Waals surface area contributed by atoms with Crippen LogP contribution in [0.5, 0.6) is 0 Å². The largest absolute Gasteiger partial charge is 0.458 e. The summed E-state index contributed by atoms with van der Waals surface area (Å²) in [7, 11) is 0. The van der Waals surface area contributed by atoms with Gasteiger partial charge in [-0.15, -0.1) is 0 Å². The highest BCUT2D eigenvalue weighted by Crippen LogP contribution is 2.13. The molecular weight excluding hydrogens is 272 g/mol. The molecule has 0 radical (unpaired) electrons. The molecule has 0 aromatic carbocycles. The van der Waals surface area contributed by atoms with Crippen molar-refractivity contribution in [1.29, 1.82) is 0 Å². The molecule has 0 saturated carbocycles. The lowest BCUT2D eigenvalue weighted by Crippen LogP contribution is -2.16. The van der Waals surface area contributed by atoms with Crippen LogP contribution in [0.15, 0.2) is 12.2 Å². The summed E-state index contributed by atoms with van der Waals surface area (Å²) in [4.78, 5) is 11.9. The second-order valence-corrected chi connectivity index (χ2v) is 6.18. The van der Waals surface area contributed by atoms with Gasteiger partial charge in [-0.3, -0.25) is 4.79 Å². The van der Waals surface area contributed by atoms with Crippen LogP contribution in [0, 0.1) is 11.8 Å². The molecule has 2 heteroatoms. The van der Waals surface area contributed by atoms with Crippen molar-refractivity contribution in [1.82, 2.24) is 0 Å². The van der Waals surface area contributed by atoms with Gasteiger partial charge >= 0.3 is 5.97 Å². The van der Waals surface area contributed by atoms with E-state index in [9.17, 15) is 4.79 Å². The first-order valence-electron chi connectivity index (χ1n) is 9.17. The fraction of sp³-hybridized carbons (Fsp3) is 0.750. The minimum absolute atomic E-state index is 0.0498. The van der Waals surface area contributed by atoms with E-state index in [-0.39, 0.29) is 12.1 Å². The van der Waals surface area contributed by atoms with E-state index in [1.807, 2.05) is 12.2 Å². The zero-order valence-corrected chi connectivity index (χ0v) is 14.2. The van der Waals surface area contributed by atoms with Crippen LogP contribution < -0.4 is 0 Å². The first-order valence-corrected chi connectivity index (χ1v) is 9.17. The molecule has 0 amide bonds. The van der Waals surface area contributed by atoms with Gasteiger partial charge in [0.25, 0.3) is 0 Å². The molecule has 0 spiro atoms. The number of hydrogen-bond acceptors (Lipinski definition) is 2. The molecule has 0 aliphatic carbocycles. The average Bonchev–Trinajstić information content (AvgIpc) is 2.50. The van der Waals surface area contributed by atoms with Gasteiger partial charge in [-0.05, 0) is 37.8 Å². The maximum Gasteiger partial charge on any atom is 0.306 e. The first-order chi connectivity index (χ1) is 10.8. The van der Waals surface area contributed by atoms with Crippen molar-refractivity contribution in [3.8, 4) is 11.8 Å². The van der Waals surface area contributed by atoms with Gasteiger partial charge in [0.1, 0.15) is 6.10 Å². The van der Waals surface area contributed by atoms with E-state index in [1.165, 1.54) is 44.9 Å². The molecule has 0 unspecified atom stereocenters. The first kappa shape index (κ1) is 18.8. The molecule has 1 rings (SSSR count). The van der Waals surface area contributed by atoms with E-state index in [1.54, 1.807) is 0 Å². The number of carbonyl (C=O) groups is 1. The van der Waals surface area contributed by atoms with Crippen LogP contribution in [0.1, 0.15) is 90.4 Å². The SMILES string of the molecule is CCCCC[C@@H]1/C=C\C#CCCCCCCCCCC(=O)O1. The number of hydrogen-bond donors (Lipinski definition) is 0. The summed E-state index contributed by atoms with van der Waals surface area (Å²) in [5.74, 6) is 6.22. The van der Waals surface area contributed by atoms with Crippen molar-refractivity contribution in [3.63, 3.8) is 0 Å². The fourth-order valence-electron chi connectivity index (χ4n) is 2.67. The van der Waals surface area contributed by atoms with Gasteiger partial charge in [0.05, 0.1) is 0 Å². The smallest absolute Gasteiger partial charge is 0.306 e. The molecule has 1 aliphatic heterocycles. The summed E-state index contributed by atoms with van der Waals surface area (Å²) >= 11 is 0. The van der Waals surface area contributed by atoms with Gasteiger partial charge in [0.2, 0.25) is 0 Å². The summed E-state index contributed by atoms with van der Waals surface area (Å²) in [5.41, 5.74) is 0. The van der Waals surface area contributed by atoms with Gasteiger partial charge in [-0.1, -0.05) is 63.7 Å². The van der Waals surface area contributed by atoms with Gasteiger partial charge < -0.3 is 4.74 Å². The molecule has 0 fully saturated rings. The van der Waals surface area contributed by atoms with Crippen molar-refractivity contribution >= 4 is 5.97 Å². The molecular formula is C20H32O2. The van der Waals surface area contributed by atoms with E-state index < -0.39 is 0 Å². The lowest BCUT2D eigenvalue weighted by atomic mass is 10.1. The monoisotopic (exact) mass is 304 g/mol. The summed E-state index contributed by atoms with van der Waals surface area (Å²) in [6.07, 6.45) is 18.1. The molecule has 0 saturated heterocycles. The van der Waals surface area contributed by atoms with Crippen molar-refractivity contribution in [2.24, 2.45) is 0 Å². The Hall–Kier alpha value is -1.23. The lowest BCUT2D eigenvalue weighted by Gasteiger charge is -2.14. The highest BCUT2D eigenvalue weighted by molar-refractivity contribution is 5.69. The number of unbranched alkanes of at least 4 members (excludes halogenated alkanes) is 2. The Kier molecular flexibility index (Phi) is 11.5. The Morgan fingerprint density at radius 1 is 1.09 bits per heavy atom. The minimum atomic E-state index is -0.0961. The third kappa shape index (κ3) is 10.5. The molecule has 1 aliphatic rings. The Morgan fingerprint density at radius 2 is 1.82 bits per heavy atom. The molecule has 0 bridgehead atoms. The number of esters is 1. The Balaban J connectivity index is 2.51. The van der Waals surface area contributed by atoms with Crippen LogP contribution in [-0.2, 0) is 9.53 Å². The quantitative estimate of drug-likeness (QED) is 0.386. The normalized spacial score (nSPS) is 23.1. The maximum absolute atomic E-state index is 11.9. The lowest BCUT2D eigenvalue weighted by molar-refractivity contribution is -0.147. The van der Waals surface area contributed by atoms with Crippen molar-refractivity contribution < 1.29 is 9.53 Å². The highest BCUT2D eigenvalue weighted by atomic mass is 16.5. The number of rotatable bonds is 4. The molecule has 0 aromatic rings. The molecule has 22 heavy (non-hydrogen) atoms. The van der Waals surface area contributed by atoms with E-state index in [0.717, 1.165) is 32.1 Å². The number of cyclic esters (lactones) is 1. The topological polar surface area (TPSA) is 26.3 Å². The van der Waals surface area contributed by atoms with E-state index in [2.05, 4.69) is 18.8 Å². The van der Waals surface area contributed by atoms with Gasteiger partial charge in [0.15, 0.2) is 0 Å². The second kappa shape index (κ2) is 13.4. The van der Waals surface area contributed by atoms with Crippen LogP contribution in [-0.4, -0.2) is 12.1 Å². The van der Waals surface area contributed by atoms with Crippen molar-refractivity contribution in [2.45, 2.75) is 96.5 Å². The average molecular weight is 304 g/mol. The van der Waals surface area contributed by atoms with Crippen molar-refractivity contribution in [2.75, 3.05) is 0 Å². The maximum atomic E-state index is 11.9. The van der Waals surface area contributed by atoms with E-state index >= 15 is 0 Å². The predicted molar refractivity (Wildman–Crippen MR) is 92.5 cm³/mol. The zero-order chi connectivity index (χ0) is 15.9. The van der Waals surface area contributed by atoms with Gasteiger partial charge in [-0.2, -0.15) is 0 Å². The minimum Gasteiger partial charge on any atom is -0.458 e. The van der Waals surface area contributed by atoms with Crippen LogP contribution >= 0.6 is 0 Å². The molecule has 0 N–H and O–H groups in total. The zero-order valence-electron chi connectivity index (χ0n) is 14.2. The molecule has 2 nitrogen and oxygen atoms in total. The summed E-state index contributed by atoms with van der Waals surface area (Å²) in [6.45, 7) is 2.19. The van der Waals surface area contributed by atoms with E-state index in [4.69, 9.17) is 4.74 Å². The highest BCUT2D eigenvalue weighted by Gasteiger charge is 2.11. The van der Waals surface area contributed by atoms with Crippen LogP contribution in [0.25, 0.3) is 0 Å². The molecule has 0 aromatic heterocycles. The van der Waals surface area contributed by atoms with Crippen LogP contribution in [0.4, 0.5) is 0 Å². The molecule has 124 valence electrons. The molecule has 1 heterocycles. The van der Waals surface area contributed by atoms with Gasteiger partial charge in [-0.25, -0.2) is 0 Å². The number of carbonyl (C=O) groups excluding carboxylic acids is 1. The Labute approximate surface area is 136 Å². The summed E-state index contributed by atoms with van der Waals surface area (Å²) < 4.78 is 5.60. The van der Waals surface area contributed by atoms with E-state index in [0.29, 0.717) is 6.42 Å². The third-order valence-corrected chi connectivity index (χ3v) is 4.05. The van der Waals surface area contributed by atoms with Crippen LogP contribution in [0.3, 0.4) is 0 Å².